The highest BCUT2D eigenvalue weighted by molar-refractivity contribution is 5.39. The lowest BCUT2D eigenvalue weighted by Gasteiger charge is -2.17. The molecule has 0 saturated carbocycles. The maximum Gasteiger partial charge on any atom is 0.218 e. The maximum absolute atomic E-state index is 5.68. The number of aromatic nitrogens is 2. The normalized spacial score (nSPS) is 12.2. The Hall–Kier alpha value is -1.36. The molecule has 16 heavy (non-hydrogen) atoms. The molecule has 5 nitrogen and oxygen atoms in total. The van der Waals surface area contributed by atoms with Gasteiger partial charge in [0, 0.05) is 18.7 Å². The molecule has 0 saturated heterocycles. The SMILES string of the molecule is CCCC(CN)Nc1cc(OC)nc(C)n1. The van der Waals surface area contributed by atoms with E-state index in [0.29, 0.717) is 18.2 Å². The monoisotopic (exact) mass is 224 g/mol. The number of methoxy groups -OCH3 is 1. The largest absolute Gasteiger partial charge is 0.481 e. The van der Waals surface area contributed by atoms with Gasteiger partial charge in [0.1, 0.15) is 11.6 Å². The standard InChI is InChI=1S/C11H20N4O/c1-4-5-9(7-12)15-10-6-11(16-3)14-8(2)13-10/h6,9H,4-5,7,12H2,1-3H3,(H,13,14,15). The fourth-order valence-electron chi connectivity index (χ4n) is 1.53. The van der Waals surface area contributed by atoms with Crippen LogP contribution < -0.4 is 15.8 Å². The number of hydrogen-bond donors (Lipinski definition) is 2. The molecule has 1 rings (SSSR count). The zero-order chi connectivity index (χ0) is 12.0. The Kier molecular flexibility index (Phi) is 4.98. The Morgan fingerprint density at radius 2 is 2.25 bits per heavy atom. The predicted octanol–water partition coefficient (Wildman–Crippen LogP) is 1.33. The van der Waals surface area contributed by atoms with Gasteiger partial charge in [-0.3, -0.25) is 0 Å². The van der Waals surface area contributed by atoms with Crippen molar-refractivity contribution in [3.8, 4) is 5.88 Å². The molecule has 90 valence electrons. The number of nitrogens with two attached hydrogens (primary N) is 1. The van der Waals surface area contributed by atoms with Gasteiger partial charge in [0.15, 0.2) is 0 Å². The Labute approximate surface area is 96.4 Å². The molecule has 3 N–H and O–H groups in total. The summed E-state index contributed by atoms with van der Waals surface area (Å²) >= 11 is 0. The molecule has 1 atom stereocenters. The highest BCUT2D eigenvalue weighted by Crippen LogP contribution is 2.14. The van der Waals surface area contributed by atoms with E-state index in [1.165, 1.54) is 0 Å². The van der Waals surface area contributed by atoms with Crippen LogP contribution in [0.3, 0.4) is 0 Å². The summed E-state index contributed by atoms with van der Waals surface area (Å²) in [5.74, 6) is 2.03. The highest BCUT2D eigenvalue weighted by Gasteiger charge is 2.08. The van der Waals surface area contributed by atoms with Gasteiger partial charge in [-0.25, -0.2) is 4.98 Å². The van der Waals surface area contributed by atoms with Crippen molar-refractivity contribution in [2.45, 2.75) is 32.7 Å². The molecule has 0 aliphatic rings. The smallest absolute Gasteiger partial charge is 0.218 e. The third-order valence-electron chi connectivity index (χ3n) is 2.30. The Bertz CT molecular complexity index is 330. The predicted molar refractivity (Wildman–Crippen MR) is 64.7 cm³/mol. The molecular formula is C11H20N4O. The zero-order valence-corrected chi connectivity index (χ0v) is 10.2. The summed E-state index contributed by atoms with van der Waals surface area (Å²) in [4.78, 5) is 8.42. The molecule has 0 bridgehead atoms. The van der Waals surface area contributed by atoms with Crippen LogP contribution in [0.25, 0.3) is 0 Å². The first-order chi connectivity index (χ1) is 7.69. The fraction of sp³-hybridized carbons (Fsp3) is 0.636. The van der Waals surface area contributed by atoms with Gasteiger partial charge >= 0.3 is 0 Å². The Morgan fingerprint density at radius 1 is 1.50 bits per heavy atom. The minimum atomic E-state index is 0.254. The van der Waals surface area contributed by atoms with Gasteiger partial charge in [-0.2, -0.15) is 4.98 Å². The van der Waals surface area contributed by atoms with Crippen molar-refractivity contribution < 1.29 is 4.74 Å². The van der Waals surface area contributed by atoms with Crippen molar-refractivity contribution in [1.82, 2.24) is 9.97 Å². The average Bonchev–Trinajstić information content (AvgIpc) is 2.27. The van der Waals surface area contributed by atoms with Crippen LogP contribution in [0.2, 0.25) is 0 Å². The molecule has 0 aliphatic heterocycles. The molecule has 0 aliphatic carbocycles. The number of ether oxygens (including phenoxy) is 1. The third kappa shape index (κ3) is 3.66. The molecule has 0 spiro atoms. The number of aryl methyl sites for hydroxylation is 1. The van der Waals surface area contributed by atoms with Crippen molar-refractivity contribution >= 4 is 5.82 Å². The zero-order valence-electron chi connectivity index (χ0n) is 10.2. The first kappa shape index (κ1) is 12.7. The van der Waals surface area contributed by atoms with Crippen LogP contribution in [-0.4, -0.2) is 29.7 Å². The number of hydrogen-bond acceptors (Lipinski definition) is 5. The number of anilines is 1. The summed E-state index contributed by atoms with van der Waals surface area (Å²) in [6.45, 7) is 4.57. The molecular weight excluding hydrogens is 204 g/mol. The molecule has 5 heteroatoms. The number of rotatable bonds is 6. The van der Waals surface area contributed by atoms with E-state index < -0.39 is 0 Å². The molecule has 1 heterocycles. The van der Waals surface area contributed by atoms with Gasteiger partial charge in [-0.1, -0.05) is 13.3 Å². The van der Waals surface area contributed by atoms with Gasteiger partial charge < -0.3 is 15.8 Å². The van der Waals surface area contributed by atoms with E-state index in [0.717, 1.165) is 18.7 Å². The van der Waals surface area contributed by atoms with Gasteiger partial charge in [0.2, 0.25) is 5.88 Å². The Balaban J connectivity index is 2.74. The summed E-state index contributed by atoms with van der Waals surface area (Å²) in [6.07, 6.45) is 2.12. The lowest BCUT2D eigenvalue weighted by Crippen LogP contribution is -2.29. The Morgan fingerprint density at radius 3 is 2.81 bits per heavy atom. The second kappa shape index (κ2) is 6.27. The summed E-state index contributed by atoms with van der Waals surface area (Å²) < 4.78 is 5.09. The van der Waals surface area contributed by atoms with E-state index in [-0.39, 0.29) is 6.04 Å². The molecule has 1 aromatic heterocycles. The van der Waals surface area contributed by atoms with Gasteiger partial charge in [-0.05, 0) is 13.3 Å². The minimum Gasteiger partial charge on any atom is -0.481 e. The maximum atomic E-state index is 5.68. The number of nitrogens with zero attached hydrogens (tertiary/aromatic N) is 2. The second-order valence-corrected chi connectivity index (χ2v) is 3.71. The summed E-state index contributed by atoms with van der Waals surface area (Å²) in [5.41, 5.74) is 5.68. The lowest BCUT2D eigenvalue weighted by molar-refractivity contribution is 0.395. The first-order valence-electron chi connectivity index (χ1n) is 5.55. The topological polar surface area (TPSA) is 73.1 Å². The van der Waals surface area contributed by atoms with Crippen LogP contribution in [0.15, 0.2) is 6.07 Å². The van der Waals surface area contributed by atoms with Crippen LogP contribution in [0, 0.1) is 6.92 Å². The lowest BCUT2D eigenvalue weighted by atomic mass is 10.2. The quantitative estimate of drug-likeness (QED) is 0.762. The van der Waals surface area contributed by atoms with E-state index in [4.69, 9.17) is 10.5 Å². The molecule has 0 fully saturated rings. The highest BCUT2D eigenvalue weighted by atomic mass is 16.5. The van der Waals surface area contributed by atoms with E-state index in [1.54, 1.807) is 13.2 Å². The fourth-order valence-corrected chi connectivity index (χ4v) is 1.53. The van der Waals surface area contributed by atoms with E-state index in [9.17, 15) is 0 Å². The average molecular weight is 224 g/mol. The minimum absolute atomic E-state index is 0.254. The summed E-state index contributed by atoms with van der Waals surface area (Å²) in [6, 6.07) is 2.04. The van der Waals surface area contributed by atoms with E-state index in [1.807, 2.05) is 6.92 Å². The van der Waals surface area contributed by atoms with Gasteiger partial charge in [0.25, 0.3) is 0 Å². The van der Waals surface area contributed by atoms with Gasteiger partial charge in [0.05, 0.1) is 7.11 Å². The summed E-state index contributed by atoms with van der Waals surface area (Å²) in [7, 11) is 1.60. The van der Waals surface area contributed by atoms with Crippen molar-refractivity contribution in [3.63, 3.8) is 0 Å². The van der Waals surface area contributed by atoms with Crippen LogP contribution >= 0.6 is 0 Å². The van der Waals surface area contributed by atoms with Gasteiger partial charge in [-0.15, -0.1) is 0 Å². The molecule has 1 unspecified atom stereocenters. The second-order valence-electron chi connectivity index (χ2n) is 3.71. The van der Waals surface area contributed by atoms with Crippen LogP contribution in [-0.2, 0) is 0 Å². The van der Waals surface area contributed by atoms with E-state index in [2.05, 4.69) is 22.2 Å². The van der Waals surface area contributed by atoms with Crippen LogP contribution in [0.1, 0.15) is 25.6 Å². The first-order valence-corrected chi connectivity index (χ1v) is 5.55. The van der Waals surface area contributed by atoms with Crippen LogP contribution in [0.5, 0.6) is 5.88 Å². The van der Waals surface area contributed by atoms with Crippen LogP contribution in [0.4, 0.5) is 5.82 Å². The molecule has 0 radical (unpaired) electrons. The molecule has 1 aromatic rings. The van der Waals surface area contributed by atoms with Crippen molar-refractivity contribution in [3.05, 3.63) is 11.9 Å². The molecule has 0 aromatic carbocycles. The summed E-state index contributed by atoms with van der Waals surface area (Å²) in [5, 5.41) is 3.29. The van der Waals surface area contributed by atoms with Crippen molar-refractivity contribution in [1.29, 1.82) is 0 Å². The van der Waals surface area contributed by atoms with Crippen molar-refractivity contribution in [2.24, 2.45) is 5.73 Å². The number of nitrogens with one attached hydrogen (secondary N) is 1. The van der Waals surface area contributed by atoms with Crippen molar-refractivity contribution in [2.75, 3.05) is 19.0 Å². The van der Waals surface area contributed by atoms with E-state index >= 15 is 0 Å². The molecule has 0 amide bonds. The third-order valence-corrected chi connectivity index (χ3v) is 2.30.